The monoisotopic (exact) mass is 1200 g/mol. The van der Waals surface area contributed by atoms with Gasteiger partial charge in [0.1, 0.15) is 11.4 Å². The molecule has 9 N–H and O–H groups in total. The number of nitrogens with two attached hydrogens (primary N) is 1. The molecule has 424 valence electrons. The maximum Gasteiger partial charge on any atom is 0.270 e. The minimum Gasteiger partial charge on any atom is -0.397 e. The number of H-pyrrole nitrogens is 2. The molecule has 4 atom stereocenters. The summed E-state index contributed by atoms with van der Waals surface area (Å²) in [6.45, 7) is 15.8. The number of allylic oxidation sites excluding steroid dienone is 2. The summed E-state index contributed by atoms with van der Waals surface area (Å²) in [6, 6.07) is 22.6. The molecule has 0 saturated heterocycles. The van der Waals surface area contributed by atoms with Gasteiger partial charge in [-0.25, -0.2) is 39.6 Å². The largest absolute Gasteiger partial charge is 0.397 e. The zero-order valence-corrected chi connectivity index (χ0v) is 47.9. The maximum absolute atomic E-state index is 12.9. The quantitative estimate of drug-likeness (QED) is 0.0193. The molecule has 3 amide bonds. The van der Waals surface area contributed by atoms with E-state index in [9.17, 15) is 19.2 Å². The summed E-state index contributed by atoms with van der Waals surface area (Å²) in [5.41, 5.74) is 13.0. The first kappa shape index (κ1) is 59.8. The Morgan fingerprint density at radius 2 is 1.18 bits per heavy atom. The summed E-state index contributed by atoms with van der Waals surface area (Å²) in [6.07, 6.45) is 23.0. The standard InChI is InChI=1S/C31H33N9O2.C25H24N8O.C4H4BrClO/c1-32-27-19-35-31(39-29(27)24-18-34-25-11-5-4-10-23(24)25)38-21-9-6-8-20(16-21)37-30(42)26-14-13-22(17-33-26)36-28(41)12-7-15-40(2)3;1-27-22-14-30-25(33-23(22)19-13-29-20-8-3-2-7-18(19)20)32-17-6-4-5-16(11-17)31-24(34)21-10-9-15(26)12-28-21;5-3-1-2-4(6)7/h4-5,7,10-14,17-21,34H,6,8-9,15-16H2,2-3H3,(H,36,41)(H,37,42)(H,35,38,39);2-3,7-10,12-14,16-17,29H,4-6,11,26H2,(H,31,34)(H,30,32,33);1-2H,3H2/b12-7+;;2-1+/t20-,21+;16-,17+;/m00./s1. The molecule has 0 spiro atoms. The van der Waals surface area contributed by atoms with Crippen LogP contribution in [0.5, 0.6) is 0 Å². The number of anilines is 4. The highest BCUT2D eigenvalue weighted by Gasteiger charge is 2.27. The van der Waals surface area contributed by atoms with Crippen LogP contribution >= 0.6 is 27.5 Å². The van der Waals surface area contributed by atoms with Crippen molar-refractivity contribution in [3.63, 3.8) is 0 Å². The second kappa shape index (κ2) is 29.4. The third-order valence-corrected chi connectivity index (χ3v) is 14.0. The van der Waals surface area contributed by atoms with Gasteiger partial charge in [0.05, 0.1) is 48.3 Å². The van der Waals surface area contributed by atoms with Crippen LogP contribution in [0.2, 0.25) is 0 Å². The van der Waals surface area contributed by atoms with Crippen molar-refractivity contribution in [2.75, 3.05) is 47.7 Å². The van der Waals surface area contributed by atoms with E-state index in [0.29, 0.717) is 70.0 Å². The second-order valence-electron chi connectivity index (χ2n) is 19.9. The maximum atomic E-state index is 12.9. The number of carbonyl (C=O) groups is 4. The highest BCUT2D eigenvalue weighted by atomic mass is 79.9. The molecule has 2 aliphatic carbocycles. The number of nitrogens with zero attached hydrogens (tertiary/aromatic N) is 9. The molecular weight excluding hydrogens is 1140 g/mol. The van der Waals surface area contributed by atoms with Crippen molar-refractivity contribution in [2.45, 2.75) is 75.5 Å². The number of aromatic nitrogens is 8. The molecule has 6 heterocycles. The van der Waals surface area contributed by atoms with Gasteiger partial charge in [-0.3, -0.25) is 19.2 Å². The fraction of sp³-hybridized carbons (Fsp3) is 0.267. The van der Waals surface area contributed by atoms with E-state index >= 15 is 0 Å². The lowest BCUT2D eigenvalue weighted by atomic mass is 9.91. The van der Waals surface area contributed by atoms with Crippen LogP contribution < -0.4 is 32.3 Å². The number of nitrogen functional groups attached to an aromatic ring is 1. The Kier molecular flexibility index (Phi) is 21.2. The van der Waals surface area contributed by atoms with Crippen molar-refractivity contribution < 1.29 is 19.2 Å². The van der Waals surface area contributed by atoms with Crippen LogP contribution in [0.4, 0.5) is 34.6 Å². The third-order valence-electron chi connectivity index (χ3n) is 13.5. The highest BCUT2D eigenvalue weighted by Crippen LogP contribution is 2.36. The van der Waals surface area contributed by atoms with Gasteiger partial charge < -0.3 is 47.2 Å². The molecule has 0 unspecified atom stereocenters. The van der Waals surface area contributed by atoms with Crippen molar-refractivity contribution in [3.8, 4) is 22.5 Å². The highest BCUT2D eigenvalue weighted by molar-refractivity contribution is 9.09. The molecule has 10 rings (SSSR count). The molecule has 0 aliphatic heterocycles. The van der Waals surface area contributed by atoms with Crippen LogP contribution in [0.1, 0.15) is 72.3 Å². The SMILES string of the molecule is O=C(Cl)/C=C/CBr.[C-]#[N+]c1cnc(N[C@@H]2CCC[C@H](NC(=O)c3ccc(N)cn3)C2)nc1-c1c[nH]c2ccccc12.[C-]#[N+]c1cnc(N[C@@H]2CCC[C@H](NC(=O)c3ccc(NC(=O)/C=C/CN(C)C)cn3)C2)nc1-c1c[nH]c2ccccc12. The topological polar surface area (TPSA) is 275 Å². The van der Waals surface area contributed by atoms with Crippen LogP contribution in [-0.4, -0.2) is 118 Å². The van der Waals surface area contributed by atoms with E-state index in [2.05, 4.69) is 82.1 Å². The number of fused-ring (bicyclic) bond motifs is 2. The molecule has 2 saturated carbocycles. The van der Waals surface area contributed by atoms with Gasteiger partial charge >= 0.3 is 0 Å². The molecule has 2 aromatic carbocycles. The van der Waals surface area contributed by atoms with Crippen molar-refractivity contribution in [1.82, 2.24) is 55.4 Å². The number of benzene rings is 2. The van der Waals surface area contributed by atoms with E-state index in [4.69, 9.17) is 40.4 Å². The number of hydrogen-bond donors (Lipinski definition) is 8. The Morgan fingerprint density at radius 3 is 1.63 bits per heavy atom. The average molecular weight is 1200 g/mol. The molecule has 6 aromatic heterocycles. The predicted molar refractivity (Wildman–Crippen MR) is 328 cm³/mol. The normalized spacial score (nSPS) is 16.6. The number of carbonyl (C=O) groups excluding carboxylic acids is 4. The molecule has 8 aromatic rings. The molecule has 21 nitrogen and oxygen atoms in total. The summed E-state index contributed by atoms with van der Waals surface area (Å²) >= 11 is 7.99. The molecule has 83 heavy (non-hydrogen) atoms. The Balaban J connectivity index is 0.000000198. The number of para-hydroxylation sites is 2. The van der Waals surface area contributed by atoms with Crippen LogP contribution in [-0.2, 0) is 9.59 Å². The zero-order valence-electron chi connectivity index (χ0n) is 45.6. The van der Waals surface area contributed by atoms with Crippen LogP contribution in [0, 0.1) is 13.1 Å². The van der Waals surface area contributed by atoms with Gasteiger partial charge in [-0.05, 0) is 120 Å². The average Bonchev–Trinajstić information content (AvgIpc) is 4.24. The Labute approximate surface area is 493 Å². The van der Waals surface area contributed by atoms with E-state index in [1.54, 1.807) is 48.8 Å². The van der Waals surface area contributed by atoms with Gasteiger partial charge in [-0.2, -0.15) is 0 Å². The number of halogens is 2. The lowest BCUT2D eigenvalue weighted by Gasteiger charge is -2.30. The fourth-order valence-corrected chi connectivity index (χ4v) is 9.88. The Hall–Kier alpha value is -9.35. The first-order chi connectivity index (χ1) is 40.3. The van der Waals surface area contributed by atoms with Crippen molar-refractivity contribution in [3.05, 3.63) is 169 Å². The molecule has 2 aliphatic rings. The molecular formula is C60H61BrClN17O4. The number of nitrogens with one attached hydrogen (secondary N) is 7. The summed E-state index contributed by atoms with van der Waals surface area (Å²) < 4.78 is 0. The zero-order chi connectivity index (χ0) is 58.7. The van der Waals surface area contributed by atoms with Gasteiger partial charge in [0.2, 0.25) is 34.4 Å². The molecule has 0 radical (unpaired) electrons. The van der Waals surface area contributed by atoms with Crippen molar-refractivity contribution >= 4 is 107 Å². The van der Waals surface area contributed by atoms with Gasteiger partial charge in [0, 0.05) is 99.8 Å². The van der Waals surface area contributed by atoms with Gasteiger partial charge in [-0.15, -0.1) is 0 Å². The van der Waals surface area contributed by atoms with E-state index in [-0.39, 0.29) is 47.6 Å². The van der Waals surface area contributed by atoms with Crippen LogP contribution in [0.25, 0.3) is 54.0 Å². The fourth-order valence-electron chi connectivity index (χ4n) is 9.61. The number of rotatable bonds is 16. The summed E-state index contributed by atoms with van der Waals surface area (Å²) in [4.78, 5) is 89.6. The second-order valence-corrected chi connectivity index (χ2v) is 20.9. The first-order valence-corrected chi connectivity index (χ1v) is 28.3. The van der Waals surface area contributed by atoms with Gasteiger partial charge in [0.25, 0.3) is 11.8 Å². The number of pyridine rings is 2. The van der Waals surface area contributed by atoms with Crippen molar-refractivity contribution in [1.29, 1.82) is 0 Å². The predicted octanol–water partition coefficient (Wildman–Crippen LogP) is 10.8. The van der Waals surface area contributed by atoms with E-state index in [1.807, 2.05) is 79.9 Å². The van der Waals surface area contributed by atoms with E-state index in [0.717, 1.165) is 77.9 Å². The summed E-state index contributed by atoms with van der Waals surface area (Å²) in [5, 5.41) is 18.0. The number of amides is 3. The molecule has 2 fully saturated rings. The minimum atomic E-state index is -0.431. The molecule has 23 heteroatoms. The van der Waals surface area contributed by atoms with Crippen molar-refractivity contribution in [2.24, 2.45) is 0 Å². The van der Waals surface area contributed by atoms with E-state index in [1.165, 1.54) is 24.5 Å². The van der Waals surface area contributed by atoms with Crippen LogP contribution in [0.3, 0.4) is 0 Å². The first-order valence-electron chi connectivity index (χ1n) is 26.8. The third kappa shape index (κ3) is 16.9. The van der Waals surface area contributed by atoms with E-state index < -0.39 is 5.24 Å². The lowest BCUT2D eigenvalue weighted by molar-refractivity contribution is -0.112. The number of alkyl halides is 1. The Morgan fingerprint density at radius 1 is 0.675 bits per heavy atom. The number of hydrogen-bond acceptors (Lipinski definition) is 14. The number of aromatic amines is 2. The van der Waals surface area contributed by atoms with Crippen LogP contribution in [0.15, 0.2) is 134 Å². The Bertz CT molecular complexity index is 3700. The van der Waals surface area contributed by atoms with Gasteiger partial charge in [0.15, 0.2) is 0 Å². The molecule has 0 bridgehead atoms. The lowest BCUT2D eigenvalue weighted by Crippen LogP contribution is -2.42. The summed E-state index contributed by atoms with van der Waals surface area (Å²) in [5.74, 6) is 0.215. The smallest absolute Gasteiger partial charge is 0.270 e. The summed E-state index contributed by atoms with van der Waals surface area (Å²) in [7, 11) is 3.85. The van der Waals surface area contributed by atoms with Gasteiger partial charge in [-0.1, -0.05) is 64.5 Å². The minimum absolute atomic E-state index is 0.0219. The number of likely N-dealkylation sites (N-methyl/N-ethyl adjacent to an activating group) is 1.